The number of hydrogen-bond donors (Lipinski definition) is 0. The van der Waals surface area contributed by atoms with Crippen LogP contribution in [-0.4, -0.2) is 15.7 Å². The molecule has 0 aliphatic carbocycles. The van der Waals surface area contributed by atoms with Gasteiger partial charge in [-0.2, -0.15) is 0 Å². The van der Waals surface area contributed by atoms with Gasteiger partial charge >= 0.3 is 5.69 Å². The third kappa shape index (κ3) is 1.81. The quantitative estimate of drug-likeness (QED) is 0.415. The molecule has 13 heavy (non-hydrogen) atoms. The molecule has 0 bridgehead atoms. The van der Waals surface area contributed by atoms with Crippen LogP contribution in [0.1, 0.15) is 17.3 Å². The Bertz CT molecular complexity index is 346. The Kier molecular flexibility index (Phi) is 2.57. The lowest BCUT2D eigenvalue weighted by molar-refractivity contribution is -0.385. The van der Waals surface area contributed by atoms with E-state index in [9.17, 15) is 14.9 Å². The molecule has 6 heteroatoms. The number of ketones is 1. The zero-order valence-corrected chi connectivity index (χ0v) is 7.41. The minimum absolute atomic E-state index is 0.0656. The van der Waals surface area contributed by atoms with Crippen molar-refractivity contribution in [2.75, 3.05) is 0 Å². The second kappa shape index (κ2) is 3.49. The Morgan fingerprint density at radius 3 is 2.69 bits per heavy atom. The summed E-state index contributed by atoms with van der Waals surface area (Å²) < 4.78 is 0. The van der Waals surface area contributed by atoms with Crippen molar-refractivity contribution in [1.82, 2.24) is 4.98 Å². The Labute approximate surface area is 78.5 Å². The summed E-state index contributed by atoms with van der Waals surface area (Å²) in [6.45, 7) is 1.27. The van der Waals surface area contributed by atoms with E-state index < -0.39 is 4.92 Å². The van der Waals surface area contributed by atoms with Crippen molar-refractivity contribution in [2.24, 2.45) is 0 Å². The normalized spacial score (nSPS) is 9.69. The SMILES string of the molecule is CC(=O)c1cncc([N+](=O)[O-])c1Cl. The van der Waals surface area contributed by atoms with E-state index in [4.69, 9.17) is 11.6 Å². The van der Waals surface area contributed by atoms with Crippen molar-refractivity contribution < 1.29 is 9.72 Å². The maximum Gasteiger partial charge on any atom is 0.306 e. The van der Waals surface area contributed by atoms with Gasteiger partial charge in [-0.05, 0) is 6.92 Å². The summed E-state index contributed by atoms with van der Waals surface area (Å²) in [4.78, 5) is 24.1. The van der Waals surface area contributed by atoms with Gasteiger partial charge in [-0.25, -0.2) is 0 Å². The number of carbonyl (C=O) groups is 1. The van der Waals surface area contributed by atoms with Crippen LogP contribution >= 0.6 is 11.6 Å². The van der Waals surface area contributed by atoms with Gasteiger partial charge in [-0.15, -0.1) is 0 Å². The van der Waals surface area contributed by atoms with Gasteiger partial charge in [0.15, 0.2) is 5.78 Å². The highest BCUT2D eigenvalue weighted by Crippen LogP contribution is 2.26. The zero-order chi connectivity index (χ0) is 10.0. The highest BCUT2D eigenvalue weighted by molar-refractivity contribution is 6.35. The van der Waals surface area contributed by atoms with Crippen LogP contribution in [0.3, 0.4) is 0 Å². The largest absolute Gasteiger partial charge is 0.306 e. The first-order valence-corrected chi connectivity index (χ1v) is 3.70. The van der Waals surface area contributed by atoms with Gasteiger partial charge in [0.1, 0.15) is 11.2 Å². The fourth-order valence-corrected chi connectivity index (χ4v) is 1.11. The molecule has 0 aromatic carbocycles. The van der Waals surface area contributed by atoms with Gasteiger partial charge in [-0.1, -0.05) is 11.6 Å². The van der Waals surface area contributed by atoms with E-state index in [2.05, 4.69) is 4.98 Å². The van der Waals surface area contributed by atoms with Crippen LogP contribution in [0.25, 0.3) is 0 Å². The molecular weight excluding hydrogens is 196 g/mol. The summed E-state index contributed by atoms with van der Waals surface area (Å²) in [5.74, 6) is -0.346. The molecule has 0 spiro atoms. The van der Waals surface area contributed by atoms with Crippen molar-refractivity contribution in [3.8, 4) is 0 Å². The summed E-state index contributed by atoms with van der Waals surface area (Å²) in [6, 6.07) is 0. The van der Waals surface area contributed by atoms with E-state index in [1.165, 1.54) is 13.1 Å². The average Bonchev–Trinajstić information content (AvgIpc) is 2.03. The van der Waals surface area contributed by atoms with Gasteiger partial charge in [0.2, 0.25) is 0 Å². The Morgan fingerprint density at radius 2 is 2.23 bits per heavy atom. The monoisotopic (exact) mass is 200 g/mol. The minimum atomic E-state index is -0.679. The number of halogens is 1. The first-order chi connectivity index (χ1) is 6.04. The molecule has 5 nitrogen and oxygen atoms in total. The van der Waals surface area contributed by atoms with Crippen LogP contribution < -0.4 is 0 Å². The maximum absolute atomic E-state index is 10.9. The van der Waals surface area contributed by atoms with Crippen LogP contribution in [0.15, 0.2) is 12.4 Å². The average molecular weight is 201 g/mol. The summed E-state index contributed by atoms with van der Waals surface area (Å²) in [6.07, 6.45) is 2.21. The lowest BCUT2D eigenvalue weighted by atomic mass is 10.2. The fourth-order valence-electron chi connectivity index (χ4n) is 0.806. The third-order valence-electron chi connectivity index (χ3n) is 1.44. The van der Waals surface area contributed by atoms with E-state index in [-0.39, 0.29) is 22.1 Å². The Balaban J connectivity index is 3.35. The Hall–Kier alpha value is -1.49. The zero-order valence-electron chi connectivity index (χ0n) is 6.65. The van der Waals surface area contributed by atoms with Crippen molar-refractivity contribution >= 4 is 23.1 Å². The molecule has 0 saturated heterocycles. The molecule has 1 aromatic rings. The molecule has 0 fully saturated rings. The molecule has 0 radical (unpaired) electrons. The van der Waals surface area contributed by atoms with Gasteiger partial charge in [0, 0.05) is 6.20 Å². The number of nitrogens with zero attached hydrogens (tertiary/aromatic N) is 2. The number of nitro groups is 1. The van der Waals surface area contributed by atoms with Crippen molar-refractivity contribution in [3.05, 3.63) is 33.1 Å². The van der Waals surface area contributed by atoms with Crippen molar-refractivity contribution in [2.45, 2.75) is 6.92 Å². The van der Waals surface area contributed by atoms with Crippen molar-refractivity contribution in [3.63, 3.8) is 0 Å². The van der Waals surface area contributed by atoms with Gasteiger partial charge < -0.3 is 0 Å². The first-order valence-electron chi connectivity index (χ1n) is 3.33. The molecule has 0 unspecified atom stereocenters. The van der Waals surface area contributed by atoms with Crippen LogP contribution in [0.4, 0.5) is 5.69 Å². The second-order valence-electron chi connectivity index (χ2n) is 2.33. The van der Waals surface area contributed by atoms with Gasteiger partial charge in [0.25, 0.3) is 0 Å². The van der Waals surface area contributed by atoms with Crippen molar-refractivity contribution in [1.29, 1.82) is 0 Å². The third-order valence-corrected chi connectivity index (χ3v) is 1.84. The molecule has 1 heterocycles. The van der Waals surface area contributed by atoms with E-state index in [1.54, 1.807) is 0 Å². The highest BCUT2D eigenvalue weighted by Gasteiger charge is 2.18. The molecule has 0 atom stereocenters. The summed E-state index contributed by atoms with van der Waals surface area (Å²) in [7, 11) is 0. The number of rotatable bonds is 2. The molecule has 0 amide bonds. The van der Waals surface area contributed by atoms with Gasteiger partial charge in [0.05, 0.1) is 10.5 Å². The molecule has 0 aliphatic heterocycles. The first kappa shape index (κ1) is 9.60. The fraction of sp³-hybridized carbons (Fsp3) is 0.143. The predicted molar refractivity (Wildman–Crippen MR) is 45.9 cm³/mol. The van der Waals surface area contributed by atoms with Gasteiger partial charge in [-0.3, -0.25) is 19.9 Å². The predicted octanol–water partition coefficient (Wildman–Crippen LogP) is 1.85. The standard InChI is InChI=1S/C7H5ClN2O3/c1-4(11)5-2-9-3-6(7(5)8)10(12)13/h2-3H,1H3. The highest BCUT2D eigenvalue weighted by atomic mass is 35.5. The number of aromatic nitrogens is 1. The van der Waals surface area contributed by atoms with E-state index in [0.29, 0.717) is 0 Å². The maximum atomic E-state index is 10.9. The van der Waals surface area contributed by atoms with E-state index in [1.807, 2.05) is 0 Å². The van der Waals surface area contributed by atoms with E-state index in [0.717, 1.165) is 6.20 Å². The lowest BCUT2D eigenvalue weighted by Gasteiger charge is -1.98. The molecule has 0 saturated carbocycles. The summed E-state index contributed by atoms with van der Waals surface area (Å²) in [5, 5.41) is 10.2. The lowest BCUT2D eigenvalue weighted by Crippen LogP contribution is -1.98. The molecule has 1 aromatic heterocycles. The number of pyridine rings is 1. The molecular formula is C7H5ClN2O3. The second-order valence-corrected chi connectivity index (χ2v) is 2.71. The Morgan fingerprint density at radius 1 is 1.62 bits per heavy atom. The number of Topliss-reactive ketones (excluding diaryl/α,β-unsaturated/α-hetero) is 1. The van der Waals surface area contributed by atoms with Crippen LogP contribution in [0.2, 0.25) is 5.02 Å². The van der Waals surface area contributed by atoms with Crippen LogP contribution in [-0.2, 0) is 0 Å². The minimum Gasteiger partial charge on any atom is -0.294 e. The molecule has 68 valence electrons. The number of carbonyl (C=O) groups excluding carboxylic acids is 1. The topological polar surface area (TPSA) is 73.1 Å². The molecule has 0 aliphatic rings. The smallest absolute Gasteiger partial charge is 0.294 e. The van der Waals surface area contributed by atoms with Crippen LogP contribution in [0, 0.1) is 10.1 Å². The van der Waals surface area contributed by atoms with E-state index >= 15 is 0 Å². The van der Waals surface area contributed by atoms with Crippen LogP contribution in [0.5, 0.6) is 0 Å². The molecule has 0 N–H and O–H groups in total. The summed E-state index contributed by atoms with van der Waals surface area (Å²) >= 11 is 5.60. The summed E-state index contributed by atoms with van der Waals surface area (Å²) in [5.41, 5.74) is -0.287. The molecule has 1 rings (SSSR count). The number of hydrogen-bond acceptors (Lipinski definition) is 4.